The maximum Gasteiger partial charge on any atom is 0.170 e. The van der Waals surface area contributed by atoms with Crippen LogP contribution in [0.4, 0.5) is 0 Å². The molecule has 0 atom stereocenters. The van der Waals surface area contributed by atoms with Crippen molar-refractivity contribution < 1.29 is 9.62 Å². The van der Waals surface area contributed by atoms with E-state index in [0.29, 0.717) is 18.7 Å². The first-order valence-corrected chi connectivity index (χ1v) is 5.59. The van der Waals surface area contributed by atoms with Gasteiger partial charge in [0.1, 0.15) is 5.76 Å². The van der Waals surface area contributed by atoms with E-state index >= 15 is 0 Å². The number of nitrogens with two attached hydrogens (primary N) is 1. The van der Waals surface area contributed by atoms with E-state index in [4.69, 9.17) is 15.4 Å². The van der Waals surface area contributed by atoms with Gasteiger partial charge in [0.05, 0.1) is 12.8 Å². The van der Waals surface area contributed by atoms with Gasteiger partial charge in [-0.15, -0.1) is 0 Å². The Morgan fingerprint density at radius 3 is 2.89 bits per heavy atom. The van der Waals surface area contributed by atoms with Gasteiger partial charge in [-0.25, -0.2) is 0 Å². The SMILES string of the molecule is NC(=NO)c1cccc(CNCc2ccco2)c1. The third-order valence-corrected chi connectivity index (χ3v) is 2.54. The van der Waals surface area contributed by atoms with E-state index in [2.05, 4.69) is 10.5 Å². The quantitative estimate of drug-likeness (QED) is 0.324. The van der Waals surface area contributed by atoms with Crippen LogP contribution in [0, 0.1) is 0 Å². The Morgan fingerprint density at radius 2 is 2.17 bits per heavy atom. The van der Waals surface area contributed by atoms with Gasteiger partial charge >= 0.3 is 0 Å². The van der Waals surface area contributed by atoms with Gasteiger partial charge < -0.3 is 20.7 Å². The average molecular weight is 245 g/mol. The fourth-order valence-electron chi connectivity index (χ4n) is 1.64. The van der Waals surface area contributed by atoms with Gasteiger partial charge in [0.2, 0.25) is 0 Å². The molecule has 2 rings (SSSR count). The Morgan fingerprint density at radius 1 is 1.28 bits per heavy atom. The number of furan rings is 1. The topological polar surface area (TPSA) is 83.8 Å². The molecule has 1 heterocycles. The van der Waals surface area contributed by atoms with Gasteiger partial charge in [0.25, 0.3) is 0 Å². The van der Waals surface area contributed by atoms with Crippen LogP contribution in [-0.2, 0) is 13.1 Å². The molecule has 94 valence electrons. The fourth-order valence-corrected chi connectivity index (χ4v) is 1.64. The second kappa shape index (κ2) is 5.88. The third kappa shape index (κ3) is 3.11. The summed E-state index contributed by atoms with van der Waals surface area (Å²) in [5, 5.41) is 14.8. The molecule has 5 heteroatoms. The number of rotatable bonds is 5. The predicted molar refractivity (Wildman–Crippen MR) is 68.2 cm³/mol. The number of nitrogens with one attached hydrogen (secondary N) is 1. The van der Waals surface area contributed by atoms with E-state index in [1.165, 1.54) is 0 Å². The zero-order valence-electron chi connectivity index (χ0n) is 9.84. The van der Waals surface area contributed by atoms with E-state index in [-0.39, 0.29) is 5.84 Å². The van der Waals surface area contributed by atoms with E-state index in [9.17, 15) is 0 Å². The molecule has 18 heavy (non-hydrogen) atoms. The highest BCUT2D eigenvalue weighted by atomic mass is 16.4. The molecule has 1 aromatic heterocycles. The van der Waals surface area contributed by atoms with Crippen molar-refractivity contribution in [2.24, 2.45) is 10.9 Å². The lowest BCUT2D eigenvalue weighted by molar-refractivity contribution is 0.318. The van der Waals surface area contributed by atoms with Crippen LogP contribution in [-0.4, -0.2) is 11.0 Å². The fraction of sp³-hybridized carbons (Fsp3) is 0.154. The first-order valence-electron chi connectivity index (χ1n) is 5.59. The van der Waals surface area contributed by atoms with Crippen molar-refractivity contribution >= 4 is 5.84 Å². The molecule has 0 amide bonds. The highest BCUT2D eigenvalue weighted by Crippen LogP contribution is 2.06. The zero-order chi connectivity index (χ0) is 12.8. The van der Waals surface area contributed by atoms with E-state index < -0.39 is 0 Å². The molecule has 0 saturated heterocycles. The molecule has 0 aliphatic heterocycles. The van der Waals surface area contributed by atoms with Gasteiger partial charge in [0, 0.05) is 12.1 Å². The molecule has 0 fully saturated rings. The molecule has 0 aliphatic rings. The Hall–Kier alpha value is -2.27. The van der Waals surface area contributed by atoms with Crippen molar-refractivity contribution in [3.8, 4) is 0 Å². The van der Waals surface area contributed by atoms with Crippen molar-refractivity contribution in [3.05, 3.63) is 59.5 Å². The Bertz CT molecular complexity index is 521. The van der Waals surface area contributed by atoms with Gasteiger partial charge in [-0.1, -0.05) is 23.4 Å². The highest BCUT2D eigenvalue weighted by molar-refractivity contribution is 5.97. The maximum atomic E-state index is 8.62. The second-order valence-electron chi connectivity index (χ2n) is 3.87. The van der Waals surface area contributed by atoms with Crippen LogP contribution in [0.15, 0.2) is 52.2 Å². The summed E-state index contributed by atoms with van der Waals surface area (Å²) < 4.78 is 5.22. The van der Waals surface area contributed by atoms with Crippen molar-refractivity contribution in [3.63, 3.8) is 0 Å². The Labute approximate surface area is 105 Å². The largest absolute Gasteiger partial charge is 0.468 e. The summed E-state index contributed by atoms with van der Waals surface area (Å²) in [5.74, 6) is 1.01. The number of hydrogen-bond acceptors (Lipinski definition) is 4. The smallest absolute Gasteiger partial charge is 0.170 e. The summed E-state index contributed by atoms with van der Waals surface area (Å²) in [5.41, 5.74) is 7.30. The van der Waals surface area contributed by atoms with Crippen LogP contribution in [0.2, 0.25) is 0 Å². The first-order chi connectivity index (χ1) is 8.79. The molecule has 0 bridgehead atoms. The van der Waals surface area contributed by atoms with Gasteiger partial charge in [-0.2, -0.15) is 0 Å². The summed E-state index contributed by atoms with van der Waals surface area (Å²) >= 11 is 0. The molecule has 5 nitrogen and oxygen atoms in total. The molecule has 0 aliphatic carbocycles. The van der Waals surface area contributed by atoms with Crippen LogP contribution in [0.3, 0.4) is 0 Å². The molecule has 1 aromatic carbocycles. The minimum atomic E-state index is 0.114. The predicted octanol–water partition coefficient (Wildman–Crippen LogP) is 1.66. The summed E-state index contributed by atoms with van der Waals surface area (Å²) in [4.78, 5) is 0. The molecule has 2 aromatic rings. The van der Waals surface area contributed by atoms with Crippen LogP contribution in [0.5, 0.6) is 0 Å². The van der Waals surface area contributed by atoms with E-state index in [1.807, 2.05) is 30.3 Å². The maximum absolute atomic E-state index is 8.62. The molecule has 0 spiro atoms. The van der Waals surface area contributed by atoms with Gasteiger partial charge in [-0.3, -0.25) is 0 Å². The van der Waals surface area contributed by atoms with E-state index in [1.54, 1.807) is 12.3 Å². The third-order valence-electron chi connectivity index (χ3n) is 2.54. The van der Waals surface area contributed by atoms with Crippen molar-refractivity contribution in [1.82, 2.24) is 5.32 Å². The number of amidine groups is 1. The standard InChI is InChI=1S/C13H15N3O2/c14-13(16-17)11-4-1-3-10(7-11)8-15-9-12-5-2-6-18-12/h1-7,15,17H,8-9H2,(H2,14,16). The molecular weight excluding hydrogens is 230 g/mol. The summed E-state index contributed by atoms with van der Waals surface area (Å²) in [6.45, 7) is 1.36. The van der Waals surface area contributed by atoms with Crippen LogP contribution >= 0.6 is 0 Å². The number of nitrogens with zero attached hydrogens (tertiary/aromatic N) is 1. The van der Waals surface area contributed by atoms with Crippen molar-refractivity contribution in [2.75, 3.05) is 0 Å². The summed E-state index contributed by atoms with van der Waals surface area (Å²) in [6, 6.07) is 11.3. The molecule has 4 N–H and O–H groups in total. The summed E-state index contributed by atoms with van der Waals surface area (Å²) in [7, 11) is 0. The molecule has 0 unspecified atom stereocenters. The van der Waals surface area contributed by atoms with Crippen LogP contribution in [0.1, 0.15) is 16.9 Å². The lowest BCUT2D eigenvalue weighted by Crippen LogP contribution is -2.15. The molecule has 0 saturated carbocycles. The number of oxime groups is 1. The van der Waals surface area contributed by atoms with Crippen molar-refractivity contribution in [2.45, 2.75) is 13.1 Å². The van der Waals surface area contributed by atoms with Crippen molar-refractivity contribution in [1.29, 1.82) is 0 Å². The van der Waals surface area contributed by atoms with Gasteiger partial charge in [-0.05, 0) is 23.8 Å². The zero-order valence-corrected chi connectivity index (χ0v) is 9.84. The minimum Gasteiger partial charge on any atom is -0.468 e. The number of hydrogen-bond donors (Lipinski definition) is 3. The molecular formula is C13H15N3O2. The molecule has 0 radical (unpaired) electrons. The van der Waals surface area contributed by atoms with Crippen LogP contribution < -0.4 is 11.1 Å². The normalized spacial score (nSPS) is 11.7. The second-order valence-corrected chi connectivity index (χ2v) is 3.87. The monoisotopic (exact) mass is 245 g/mol. The lowest BCUT2D eigenvalue weighted by Gasteiger charge is -2.05. The Balaban J connectivity index is 1.93. The summed E-state index contributed by atoms with van der Waals surface area (Å²) in [6.07, 6.45) is 1.65. The lowest BCUT2D eigenvalue weighted by atomic mass is 10.1. The van der Waals surface area contributed by atoms with Crippen LogP contribution in [0.25, 0.3) is 0 Å². The van der Waals surface area contributed by atoms with E-state index in [0.717, 1.165) is 11.3 Å². The minimum absolute atomic E-state index is 0.114. The first kappa shape index (κ1) is 12.2. The Kier molecular flexibility index (Phi) is 3.98. The average Bonchev–Trinajstić information content (AvgIpc) is 2.91. The van der Waals surface area contributed by atoms with Gasteiger partial charge in [0.15, 0.2) is 5.84 Å². The highest BCUT2D eigenvalue weighted by Gasteiger charge is 2.01. The number of benzene rings is 1.